The van der Waals surface area contributed by atoms with Crippen molar-refractivity contribution in [3.63, 3.8) is 0 Å². The van der Waals surface area contributed by atoms with E-state index in [9.17, 15) is 9.59 Å². The van der Waals surface area contributed by atoms with E-state index in [2.05, 4.69) is 4.74 Å². The van der Waals surface area contributed by atoms with Crippen molar-refractivity contribution in [3.8, 4) is 0 Å². The predicted octanol–water partition coefficient (Wildman–Crippen LogP) is 2.18. The fourth-order valence-electron chi connectivity index (χ4n) is 1.41. The van der Waals surface area contributed by atoms with Crippen molar-refractivity contribution in [3.05, 3.63) is 36.1 Å². The smallest absolute Gasteiger partial charge is 0.379 e. The summed E-state index contributed by atoms with van der Waals surface area (Å²) in [5.41, 5.74) is 0.857. The summed E-state index contributed by atoms with van der Waals surface area (Å²) in [6.07, 6.45) is 1.53. The van der Waals surface area contributed by atoms with Gasteiger partial charge in [-0.1, -0.05) is 6.07 Å². The summed E-state index contributed by atoms with van der Waals surface area (Å²) in [6.45, 7) is 1.84. The summed E-state index contributed by atoms with van der Waals surface area (Å²) >= 11 is 0. The predicted molar refractivity (Wildman–Crippen MR) is 57.2 cm³/mol. The summed E-state index contributed by atoms with van der Waals surface area (Å²) < 4.78 is 9.78. The lowest BCUT2D eigenvalue weighted by Crippen LogP contribution is -2.17. The first-order valence-electron chi connectivity index (χ1n) is 4.91. The maximum atomic E-state index is 11.6. The molecule has 0 aliphatic carbocycles. The molecular formula is C12H10O4. The Kier molecular flexibility index (Phi) is 2.72. The number of furan rings is 1. The molecule has 0 N–H and O–H groups in total. The number of rotatable bonds is 3. The lowest BCUT2D eigenvalue weighted by Gasteiger charge is -2.00. The van der Waals surface area contributed by atoms with Crippen molar-refractivity contribution < 1.29 is 18.7 Å². The molecule has 82 valence electrons. The first-order chi connectivity index (χ1) is 7.72. The van der Waals surface area contributed by atoms with Gasteiger partial charge in [-0.15, -0.1) is 0 Å². The monoisotopic (exact) mass is 218 g/mol. The molecule has 2 rings (SSSR count). The third kappa shape index (κ3) is 1.82. The molecule has 1 heterocycles. The van der Waals surface area contributed by atoms with Gasteiger partial charge in [-0.25, -0.2) is 4.79 Å². The van der Waals surface area contributed by atoms with Crippen molar-refractivity contribution in [2.45, 2.75) is 6.92 Å². The van der Waals surface area contributed by atoms with Crippen molar-refractivity contribution in [1.82, 2.24) is 0 Å². The average Bonchev–Trinajstić information content (AvgIpc) is 2.75. The van der Waals surface area contributed by atoms with Gasteiger partial charge in [-0.3, -0.25) is 4.79 Å². The highest BCUT2D eigenvalue weighted by Crippen LogP contribution is 2.17. The minimum atomic E-state index is -0.839. The standard InChI is InChI=1S/C12H10O4/c1-2-15-12(14)11(13)9-4-3-8-5-6-16-10(8)7-9/h3-7H,2H2,1H3. The molecule has 0 bridgehead atoms. The second-order valence-corrected chi connectivity index (χ2v) is 3.22. The van der Waals surface area contributed by atoms with E-state index in [1.165, 1.54) is 12.3 Å². The van der Waals surface area contributed by atoms with Gasteiger partial charge in [-0.05, 0) is 25.1 Å². The lowest BCUT2D eigenvalue weighted by atomic mass is 10.1. The van der Waals surface area contributed by atoms with Crippen molar-refractivity contribution >= 4 is 22.7 Å². The van der Waals surface area contributed by atoms with Gasteiger partial charge in [-0.2, -0.15) is 0 Å². The highest BCUT2D eigenvalue weighted by atomic mass is 16.5. The Balaban J connectivity index is 2.32. The zero-order chi connectivity index (χ0) is 11.5. The Labute approximate surface area is 91.8 Å². The molecule has 4 nitrogen and oxygen atoms in total. The van der Waals surface area contributed by atoms with Gasteiger partial charge in [0.1, 0.15) is 5.58 Å². The number of ether oxygens (including phenoxy) is 1. The molecule has 1 aromatic heterocycles. The van der Waals surface area contributed by atoms with E-state index in [4.69, 9.17) is 4.42 Å². The Morgan fingerprint density at radius 1 is 1.31 bits per heavy atom. The van der Waals surface area contributed by atoms with Gasteiger partial charge in [0.05, 0.1) is 12.9 Å². The molecule has 0 spiro atoms. The third-order valence-corrected chi connectivity index (χ3v) is 2.18. The molecule has 0 aliphatic rings. The van der Waals surface area contributed by atoms with Crippen LogP contribution in [0, 0.1) is 0 Å². The van der Waals surface area contributed by atoms with Crippen LogP contribution < -0.4 is 0 Å². The molecule has 1 aromatic carbocycles. The molecule has 4 heteroatoms. The normalized spacial score (nSPS) is 10.3. The maximum Gasteiger partial charge on any atom is 0.379 e. The van der Waals surface area contributed by atoms with E-state index in [0.717, 1.165) is 5.39 Å². The minimum absolute atomic E-state index is 0.188. The average molecular weight is 218 g/mol. The van der Waals surface area contributed by atoms with Crippen LogP contribution in [0.2, 0.25) is 0 Å². The van der Waals surface area contributed by atoms with E-state index in [1.54, 1.807) is 25.1 Å². The zero-order valence-electron chi connectivity index (χ0n) is 8.73. The van der Waals surface area contributed by atoms with E-state index < -0.39 is 11.8 Å². The topological polar surface area (TPSA) is 56.5 Å². The van der Waals surface area contributed by atoms with Crippen LogP contribution in [0.5, 0.6) is 0 Å². The maximum absolute atomic E-state index is 11.6. The molecule has 0 saturated heterocycles. The SMILES string of the molecule is CCOC(=O)C(=O)c1ccc2ccoc2c1. The fraction of sp³-hybridized carbons (Fsp3) is 0.167. The van der Waals surface area contributed by atoms with Crippen LogP contribution in [0.15, 0.2) is 34.9 Å². The first-order valence-corrected chi connectivity index (χ1v) is 4.91. The fourth-order valence-corrected chi connectivity index (χ4v) is 1.41. The van der Waals surface area contributed by atoms with Gasteiger partial charge in [0, 0.05) is 10.9 Å². The van der Waals surface area contributed by atoms with Gasteiger partial charge >= 0.3 is 5.97 Å². The summed E-state index contributed by atoms with van der Waals surface area (Å²) in [4.78, 5) is 22.8. The van der Waals surface area contributed by atoms with Gasteiger partial charge in [0.15, 0.2) is 0 Å². The molecule has 0 atom stereocenters. The van der Waals surface area contributed by atoms with E-state index in [0.29, 0.717) is 5.58 Å². The first kappa shape index (κ1) is 10.4. The molecule has 0 fully saturated rings. The number of esters is 1. The summed E-state index contributed by atoms with van der Waals surface area (Å²) in [6, 6.07) is 6.63. The number of hydrogen-bond donors (Lipinski definition) is 0. The van der Waals surface area contributed by atoms with Crippen LogP contribution in [0.4, 0.5) is 0 Å². The van der Waals surface area contributed by atoms with Crippen LogP contribution in [0.1, 0.15) is 17.3 Å². The number of Topliss-reactive ketones (excluding diaryl/α,β-unsaturated/α-hetero) is 1. The Bertz CT molecular complexity index is 539. The Morgan fingerprint density at radius 3 is 2.88 bits per heavy atom. The number of fused-ring (bicyclic) bond motifs is 1. The molecular weight excluding hydrogens is 208 g/mol. The Morgan fingerprint density at radius 2 is 2.12 bits per heavy atom. The van der Waals surface area contributed by atoms with Gasteiger partial charge in [0.2, 0.25) is 0 Å². The van der Waals surface area contributed by atoms with E-state index >= 15 is 0 Å². The molecule has 0 amide bonds. The minimum Gasteiger partial charge on any atom is -0.464 e. The second kappa shape index (κ2) is 4.18. The largest absolute Gasteiger partial charge is 0.464 e. The van der Waals surface area contributed by atoms with Gasteiger partial charge in [0.25, 0.3) is 5.78 Å². The van der Waals surface area contributed by atoms with E-state index in [1.807, 2.05) is 0 Å². The summed E-state index contributed by atoms with van der Waals surface area (Å²) in [7, 11) is 0. The Hall–Kier alpha value is -2.10. The number of ketones is 1. The third-order valence-electron chi connectivity index (χ3n) is 2.18. The lowest BCUT2D eigenvalue weighted by molar-refractivity contribution is -0.137. The number of carbonyl (C=O) groups excluding carboxylic acids is 2. The van der Waals surface area contributed by atoms with Crippen molar-refractivity contribution in [2.24, 2.45) is 0 Å². The molecule has 16 heavy (non-hydrogen) atoms. The van der Waals surface area contributed by atoms with Crippen LogP contribution in [0.25, 0.3) is 11.0 Å². The van der Waals surface area contributed by atoms with Crippen molar-refractivity contribution in [2.75, 3.05) is 6.61 Å². The quantitative estimate of drug-likeness (QED) is 0.450. The van der Waals surface area contributed by atoms with E-state index in [-0.39, 0.29) is 12.2 Å². The number of hydrogen-bond acceptors (Lipinski definition) is 4. The molecule has 2 aromatic rings. The van der Waals surface area contributed by atoms with Gasteiger partial charge < -0.3 is 9.15 Å². The number of carbonyl (C=O) groups is 2. The zero-order valence-corrected chi connectivity index (χ0v) is 8.73. The second-order valence-electron chi connectivity index (χ2n) is 3.22. The van der Waals surface area contributed by atoms with Crippen LogP contribution in [-0.4, -0.2) is 18.4 Å². The molecule has 0 saturated carbocycles. The summed E-state index contributed by atoms with van der Waals surface area (Å²) in [5.74, 6) is -1.49. The summed E-state index contributed by atoms with van der Waals surface area (Å²) in [5, 5.41) is 0.889. The van der Waals surface area contributed by atoms with Crippen LogP contribution in [0.3, 0.4) is 0 Å². The number of benzene rings is 1. The molecule has 0 aliphatic heterocycles. The highest BCUT2D eigenvalue weighted by molar-refractivity contribution is 6.40. The van der Waals surface area contributed by atoms with Crippen LogP contribution in [-0.2, 0) is 9.53 Å². The molecule has 0 radical (unpaired) electrons. The molecule has 0 unspecified atom stereocenters. The highest BCUT2D eigenvalue weighted by Gasteiger charge is 2.17. The van der Waals surface area contributed by atoms with Crippen LogP contribution >= 0.6 is 0 Å². The van der Waals surface area contributed by atoms with Crippen molar-refractivity contribution in [1.29, 1.82) is 0 Å².